The number of aromatic nitrogens is 3. The number of benzene rings is 4. The van der Waals surface area contributed by atoms with Crippen LogP contribution in [0.1, 0.15) is 0 Å². The van der Waals surface area contributed by atoms with Gasteiger partial charge in [0.05, 0.1) is 30.4 Å². The number of nitrogens with zero attached hydrogens (tertiary/aromatic N) is 3. The Labute approximate surface area is 230 Å². The molecule has 4 nitrogen and oxygen atoms in total. The minimum absolute atomic E-state index is 0.221. The fourth-order valence-corrected chi connectivity index (χ4v) is 6.12. The molecule has 2 heterocycles. The predicted octanol–water partition coefficient (Wildman–Crippen LogP) is 7.89. The van der Waals surface area contributed by atoms with Crippen molar-refractivity contribution in [3.05, 3.63) is 109 Å². The van der Waals surface area contributed by atoms with Crippen molar-refractivity contribution in [2.75, 3.05) is 0 Å². The molecule has 0 saturated heterocycles. The van der Waals surface area contributed by atoms with Gasteiger partial charge in [-0.2, -0.15) is 0 Å². The second kappa shape index (κ2) is 9.68. The Morgan fingerprint density at radius 3 is 2.08 bits per heavy atom. The topological polar surface area (TPSA) is 50.9 Å². The maximum atomic E-state index is 10.5. The van der Waals surface area contributed by atoms with E-state index in [9.17, 15) is 5.11 Å². The SMILES string of the molecule is Cn1c(-c2ccccc2O)nc2c(-c3cc(-c4ccccc4)cc(-c4ccc([Si](C)(C)C)cn4)c3)cccc21. The summed E-state index contributed by atoms with van der Waals surface area (Å²) in [5.41, 5.74) is 9.06. The molecular weight excluding hydrogens is 494 g/mol. The van der Waals surface area contributed by atoms with Gasteiger partial charge in [0.2, 0.25) is 0 Å². The van der Waals surface area contributed by atoms with Crippen molar-refractivity contribution in [3.8, 4) is 50.6 Å². The smallest absolute Gasteiger partial charge is 0.144 e. The molecule has 0 atom stereocenters. The molecular formula is C34H31N3OSi. The molecule has 192 valence electrons. The lowest BCUT2D eigenvalue weighted by atomic mass is 9.94. The van der Waals surface area contributed by atoms with E-state index in [2.05, 4.69) is 98.6 Å². The molecule has 0 fully saturated rings. The summed E-state index contributed by atoms with van der Waals surface area (Å²) in [7, 11) is 0.556. The van der Waals surface area contributed by atoms with Gasteiger partial charge < -0.3 is 9.67 Å². The number of para-hydroxylation sites is 2. The molecule has 5 heteroatoms. The van der Waals surface area contributed by atoms with Crippen LogP contribution in [-0.4, -0.2) is 27.7 Å². The first kappa shape index (κ1) is 24.8. The highest BCUT2D eigenvalue weighted by Crippen LogP contribution is 2.37. The molecule has 0 amide bonds. The molecule has 1 N–H and O–H groups in total. The number of pyridine rings is 1. The first-order valence-corrected chi connectivity index (χ1v) is 16.7. The number of aromatic hydroxyl groups is 1. The summed E-state index contributed by atoms with van der Waals surface area (Å²) in [4.78, 5) is 9.96. The number of fused-ring (bicyclic) bond motifs is 1. The van der Waals surface area contributed by atoms with Crippen LogP contribution in [0.25, 0.3) is 55.9 Å². The van der Waals surface area contributed by atoms with E-state index in [1.54, 1.807) is 6.07 Å². The number of aryl methyl sites for hydroxylation is 1. The van der Waals surface area contributed by atoms with E-state index >= 15 is 0 Å². The van der Waals surface area contributed by atoms with E-state index in [0.29, 0.717) is 5.56 Å². The first-order valence-electron chi connectivity index (χ1n) is 13.2. The van der Waals surface area contributed by atoms with Crippen molar-refractivity contribution in [2.45, 2.75) is 19.6 Å². The summed E-state index contributed by atoms with van der Waals surface area (Å²) in [6, 6.07) is 35.2. The first-order chi connectivity index (χ1) is 18.8. The van der Waals surface area contributed by atoms with E-state index in [-0.39, 0.29) is 5.75 Å². The van der Waals surface area contributed by atoms with Gasteiger partial charge in [0, 0.05) is 24.4 Å². The van der Waals surface area contributed by atoms with Crippen LogP contribution in [0.4, 0.5) is 0 Å². The third kappa shape index (κ3) is 4.66. The van der Waals surface area contributed by atoms with Crippen molar-refractivity contribution in [1.82, 2.24) is 14.5 Å². The van der Waals surface area contributed by atoms with Crippen molar-refractivity contribution in [1.29, 1.82) is 0 Å². The molecule has 0 unspecified atom stereocenters. The van der Waals surface area contributed by atoms with E-state index in [0.717, 1.165) is 50.4 Å². The van der Waals surface area contributed by atoms with Crippen LogP contribution in [0.3, 0.4) is 0 Å². The van der Waals surface area contributed by atoms with E-state index < -0.39 is 8.07 Å². The van der Waals surface area contributed by atoms with Gasteiger partial charge in [-0.3, -0.25) is 4.98 Å². The van der Waals surface area contributed by atoms with Gasteiger partial charge in [-0.05, 0) is 64.3 Å². The lowest BCUT2D eigenvalue weighted by molar-refractivity contribution is 0.476. The standard InChI is InChI=1S/C34H31N3OSi/c1-37-31-15-10-14-28(33(31)36-34(37)29-13-8-9-16-32(29)38)25-19-24(23-11-6-5-7-12-23)20-26(21-25)30-18-17-27(22-35-30)39(2,3)4/h5-22,38H,1-4H3. The minimum Gasteiger partial charge on any atom is -0.507 e. The minimum atomic E-state index is -1.44. The summed E-state index contributed by atoms with van der Waals surface area (Å²) in [6.07, 6.45) is 2.05. The Morgan fingerprint density at radius 1 is 0.667 bits per heavy atom. The quantitative estimate of drug-likeness (QED) is 0.233. The van der Waals surface area contributed by atoms with Crippen LogP contribution >= 0.6 is 0 Å². The lowest BCUT2D eigenvalue weighted by Crippen LogP contribution is -2.37. The molecule has 0 saturated carbocycles. The van der Waals surface area contributed by atoms with Gasteiger partial charge in [-0.15, -0.1) is 0 Å². The zero-order valence-corrected chi connectivity index (χ0v) is 23.7. The molecule has 0 radical (unpaired) electrons. The highest BCUT2D eigenvalue weighted by atomic mass is 28.3. The molecule has 0 aliphatic heterocycles. The predicted molar refractivity (Wildman–Crippen MR) is 165 cm³/mol. The van der Waals surface area contributed by atoms with Crippen LogP contribution in [0, 0.1) is 0 Å². The number of hydrogen-bond donors (Lipinski definition) is 1. The monoisotopic (exact) mass is 525 g/mol. The zero-order chi connectivity index (χ0) is 27.1. The molecule has 6 rings (SSSR count). The van der Waals surface area contributed by atoms with E-state index in [1.807, 2.05) is 35.9 Å². The normalized spacial score (nSPS) is 11.7. The van der Waals surface area contributed by atoms with Crippen molar-refractivity contribution < 1.29 is 5.11 Å². The summed E-state index contributed by atoms with van der Waals surface area (Å²) in [6.45, 7) is 7.03. The Balaban J connectivity index is 1.56. The molecule has 0 aliphatic carbocycles. The Bertz CT molecular complexity index is 1800. The van der Waals surface area contributed by atoms with Gasteiger partial charge in [0.15, 0.2) is 0 Å². The van der Waals surface area contributed by atoms with Crippen LogP contribution in [0.5, 0.6) is 5.75 Å². The number of rotatable bonds is 5. The van der Waals surface area contributed by atoms with E-state index in [4.69, 9.17) is 9.97 Å². The number of phenolic OH excluding ortho intramolecular Hbond substituents is 1. The molecule has 6 aromatic rings. The Hall–Kier alpha value is -4.48. The average Bonchev–Trinajstić information content (AvgIpc) is 3.29. The Kier molecular flexibility index (Phi) is 6.16. The van der Waals surface area contributed by atoms with Gasteiger partial charge >= 0.3 is 0 Å². The number of imidazole rings is 1. The summed E-state index contributed by atoms with van der Waals surface area (Å²) in [5, 5.41) is 11.9. The second-order valence-corrected chi connectivity index (χ2v) is 16.1. The van der Waals surface area contributed by atoms with Crippen LogP contribution < -0.4 is 5.19 Å². The summed E-state index contributed by atoms with van der Waals surface area (Å²) >= 11 is 0. The molecule has 2 aromatic heterocycles. The van der Waals surface area contributed by atoms with Gasteiger partial charge in [-0.1, -0.05) is 80.3 Å². The van der Waals surface area contributed by atoms with Gasteiger partial charge in [0.1, 0.15) is 11.6 Å². The van der Waals surface area contributed by atoms with Crippen LogP contribution in [0.15, 0.2) is 109 Å². The highest BCUT2D eigenvalue weighted by Gasteiger charge is 2.19. The maximum Gasteiger partial charge on any atom is 0.144 e. The third-order valence-electron chi connectivity index (χ3n) is 7.33. The van der Waals surface area contributed by atoms with Crippen LogP contribution in [0.2, 0.25) is 19.6 Å². The average molecular weight is 526 g/mol. The highest BCUT2D eigenvalue weighted by molar-refractivity contribution is 6.88. The molecule has 4 aromatic carbocycles. The summed E-state index contributed by atoms with van der Waals surface area (Å²) in [5.74, 6) is 0.956. The Morgan fingerprint density at radius 2 is 1.36 bits per heavy atom. The molecule has 0 bridgehead atoms. The van der Waals surface area contributed by atoms with Gasteiger partial charge in [-0.25, -0.2) is 4.98 Å². The van der Waals surface area contributed by atoms with Crippen LogP contribution in [-0.2, 0) is 7.05 Å². The molecule has 39 heavy (non-hydrogen) atoms. The molecule has 0 spiro atoms. The van der Waals surface area contributed by atoms with E-state index in [1.165, 1.54) is 5.19 Å². The van der Waals surface area contributed by atoms with Crippen molar-refractivity contribution >= 4 is 24.3 Å². The largest absolute Gasteiger partial charge is 0.507 e. The zero-order valence-electron chi connectivity index (χ0n) is 22.7. The lowest BCUT2D eigenvalue weighted by Gasteiger charge is -2.16. The fourth-order valence-electron chi connectivity index (χ4n) is 5.09. The third-order valence-corrected chi connectivity index (χ3v) is 9.36. The summed E-state index contributed by atoms with van der Waals surface area (Å²) < 4.78 is 2.05. The number of phenols is 1. The van der Waals surface area contributed by atoms with Crippen molar-refractivity contribution in [3.63, 3.8) is 0 Å². The fraction of sp³-hybridized carbons (Fsp3) is 0.118. The number of hydrogen-bond acceptors (Lipinski definition) is 3. The van der Waals surface area contributed by atoms with Gasteiger partial charge in [0.25, 0.3) is 0 Å². The second-order valence-electron chi connectivity index (χ2n) is 11.0. The van der Waals surface area contributed by atoms with Crippen molar-refractivity contribution in [2.24, 2.45) is 7.05 Å². The maximum absolute atomic E-state index is 10.5. The molecule has 0 aliphatic rings.